The first kappa shape index (κ1) is 39.9. The van der Waals surface area contributed by atoms with Crippen LogP contribution >= 0.6 is 0 Å². The number of nitrogens with zero attached hydrogens (tertiary/aromatic N) is 4. The summed E-state index contributed by atoms with van der Waals surface area (Å²) >= 11 is 0. The lowest BCUT2D eigenvalue weighted by Crippen LogP contribution is -2.25. The number of hydrogen-bond acceptors (Lipinski definition) is 10. The van der Waals surface area contributed by atoms with E-state index in [1.54, 1.807) is 50.3 Å². The molecule has 6 rings (SSSR count). The molecule has 284 valence electrons. The fourth-order valence-electron chi connectivity index (χ4n) is 5.23. The maximum atomic E-state index is 12.9. The largest absolute Gasteiger partial charge is 0.478 e. The van der Waals surface area contributed by atoms with Crippen LogP contribution in [0.2, 0.25) is 0 Å². The molecule has 0 bridgehead atoms. The molecule has 13 nitrogen and oxygen atoms in total. The minimum atomic E-state index is -1.16. The molecule has 56 heavy (non-hydrogen) atoms. The van der Waals surface area contributed by atoms with E-state index in [1.165, 1.54) is 41.2 Å². The zero-order valence-corrected chi connectivity index (χ0v) is 30.8. The number of rotatable bonds is 11. The SMILES string of the molecule is C=C(C)C(=O)OCC(O)COC(=O)c1ccc(N2N=C(C)/C(=C/c3ccccc3)C2=O)cc1.CC1=NN(c2ccc(C(=O)O)cc2)C(=O)/C1=C\c1ccccc1. The van der Waals surface area contributed by atoms with Crippen LogP contribution in [0.25, 0.3) is 12.2 Å². The van der Waals surface area contributed by atoms with Gasteiger partial charge in [0.2, 0.25) is 0 Å². The standard InChI is InChI=1S/C25H24N2O6.C18H14N2O3/c1-16(2)24(30)32-14-21(28)15-33-25(31)19-9-11-20(12-10-19)27-23(29)22(17(3)26-27)13-18-7-5-4-6-8-18;1-12-16(11-13-5-3-2-4-6-13)17(21)20(19-12)15-9-7-14(8-10-15)18(22)23/h4-13,21,28H,1,14-15H2,2-3H3;2-11H,1H3,(H,22,23)/b22-13-;16-11-. The molecule has 2 aliphatic heterocycles. The van der Waals surface area contributed by atoms with E-state index in [9.17, 15) is 29.1 Å². The lowest BCUT2D eigenvalue weighted by Gasteiger charge is -2.13. The van der Waals surface area contributed by atoms with Crippen LogP contribution in [-0.2, 0) is 23.9 Å². The predicted octanol–water partition coefficient (Wildman–Crippen LogP) is 6.32. The van der Waals surface area contributed by atoms with Crippen molar-refractivity contribution in [2.75, 3.05) is 23.2 Å². The van der Waals surface area contributed by atoms with Crippen LogP contribution in [-0.4, -0.2) is 70.7 Å². The molecule has 0 radical (unpaired) electrons. The molecule has 0 spiro atoms. The molecule has 2 heterocycles. The van der Waals surface area contributed by atoms with Crippen LogP contribution in [0.15, 0.2) is 143 Å². The Balaban J connectivity index is 0.000000228. The van der Waals surface area contributed by atoms with Gasteiger partial charge in [0, 0.05) is 5.57 Å². The Bertz CT molecular complexity index is 2260. The monoisotopic (exact) mass is 754 g/mol. The zero-order valence-electron chi connectivity index (χ0n) is 30.8. The summed E-state index contributed by atoms with van der Waals surface area (Å²) < 4.78 is 9.86. The highest BCUT2D eigenvalue weighted by Gasteiger charge is 2.30. The molecular formula is C43H38N4O9. The Labute approximate surface area is 322 Å². The first-order valence-electron chi connectivity index (χ1n) is 17.3. The van der Waals surface area contributed by atoms with Gasteiger partial charge in [-0.3, -0.25) is 9.59 Å². The Morgan fingerprint density at radius 2 is 1.09 bits per heavy atom. The van der Waals surface area contributed by atoms with Crippen molar-refractivity contribution in [2.45, 2.75) is 26.9 Å². The number of amides is 2. The van der Waals surface area contributed by atoms with Crippen LogP contribution in [0.5, 0.6) is 0 Å². The number of aromatic carboxylic acids is 1. The molecule has 2 aliphatic rings. The van der Waals surface area contributed by atoms with Gasteiger partial charge < -0.3 is 19.7 Å². The second-order valence-electron chi connectivity index (χ2n) is 12.6. The molecule has 1 atom stereocenters. The molecule has 0 aliphatic carbocycles. The third kappa shape index (κ3) is 10.0. The number of aliphatic hydroxyl groups is 1. The molecule has 4 aromatic carbocycles. The van der Waals surface area contributed by atoms with E-state index < -0.39 is 24.0 Å². The van der Waals surface area contributed by atoms with Crippen molar-refractivity contribution in [3.05, 3.63) is 155 Å². The van der Waals surface area contributed by atoms with Gasteiger partial charge in [-0.2, -0.15) is 20.2 Å². The van der Waals surface area contributed by atoms with Crippen LogP contribution < -0.4 is 10.0 Å². The highest BCUT2D eigenvalue weighted by Crippen LogP contribution is 2.27. The summed E-state index contributed by atoms with van der Waals surface area (Å²) in [5.41, 5.74) is 5.70. The molecule has 0 fully saturated rings. The quantitative estimate of drug-likeness (QED) is 0.131. The van der Waals surface area contributed by atoms with Gasteiger partial charge in [0.1, 0.15) is 19.3 Å². The fraction of sp³-hybridized carbons (Fsp3) is 0.140. The third-order valence-electron chi connectivity index (χ3n) is 8.21. The number of carboxylic acid groups (broad SMARTS) is 1. The third-order valence-corrected chi connectivity index (χ3v) is 8.21. The van der Waals surface area contributed by atoms with Crippen molar-refractivity contribution in [2.24, 2.45) is 10.2 Å². The number of carbonyl (C=O) groups excluding carboxylic acids is 4. The number of hydrogen-bond donors (Lipinski definition) is 2. The number of benzene rings is 4. The lowest BCUT2D eigenvalue weighted by molar-refractivity contribution is -0.142. The normalized spacial score (nSPS) is 15.5. The maximum Gasteiger partial charge on any atom is 0.338 e. The number of carboxylic acids is 1. The highest BCUT2D eigenvalue weighted by molar-refractivity contribution is 6.33. The summed E-state index contributed by atoms with van der Waals surface area (Å²) in [7, 11) is 0. The molecular weight excluding hydrogens is 716 g/mol. The Hall–Kier alpha value is -7.25. The molecule has 0 saturated carbocycles. The van der Waals surface area contributed by atoms with E-state index in [0.717, 1.165) is 11.1 Å². The Morgan fingerprint density at radius 1 is 0.679 bits per heavy atom. The lowest BCUT2D eigenvalue weighted by atomic mass is 10.1. The average molecular weight is 755 g/mol. The summed E-state index contributed by atoms with van der Waals surface area (Å²) in [6.45, 7) is 7.81. The van der Waals surface area contributed by atoms with Gasteiger partial charge in [-0.05, 0) is 92.6 Å². The van der Waals surface area contributed by atoms with Crippen molar-refractivity contribution in [1.29, 1.82) is 0 Å². The second-order valence-corrected chi connectivity index (χ2v) is 12.6. The molecule has 2 N–H and O–H groups in total. The first-order chi connectivity index (χ1) is 26.8. The summed E-state index contributed by atoms with van der Waals surface area (Å²) in [4.78, 5) is 59.9. The summed E-state index contributed by atoms with van der Waals surface area (Å²) in [6, 6.07) is 31.3. The van der Waals surface area contributed by atoms with Crippen molar-refractivity contribution in [3.63, 3.8) is 0 Å². The number of hydrazone groups is 2. The van der Waals surface area contributed by atoms with E-state index in [4.69, 9.17) is 14.6 Å². The molecule has 0 aromatic heterocycles. The summed E-state index contributed by atoms with van der Waals surface area (Å²) in [5, 5.41) is 29.9. The number of anilines is 2. The van der Waals surface area contributed by atoms with Crippen LogP contribution in [0, 0.1) is 0 Å². The van der Waals surface area contributed by atoms with E-state index in [2.05, 4.69) is 16.8 Å². The van der Waals surface area contributed by atoms with Crippen molar-refractivity contribution >= 4 is 64.7 Å². The van der Waals surface area contributed by atoms with Gasteiger partial charge in [0.25, 0.3) is 11.8 Å². The molecule has 0 saturated heterocycles. The number of carbonyl (C=O) groups is 5. The molecule has 1 unspecified atom stereocenters. The maximum absolute atomic E-state index is 12.9. The topological polar surface area (TPSA) is 175 Å². The molecule has 13 heteroatoms. The minimum Gasteiger partial charge on any atom is -0.478 e. The number of ether oxygens (including phenoxy) is 2. The number of esters is 2. The first-order valence-corrected chi connectivity index (χ1v) is 17.3. The van der Waals surface area contributed by atoms with Gasteiger partial charge >= 0.3 is 17.9 Å². The second kappa shape index (κ2) is 18.2. The molecule has 2 amide bonds. The van der Waals surface area contributed by atoms with Gasteiger partial charge in [0.15, 0.2) is 0 Å². The smallest absolute Gasteiger partial charge is 0.338 e. The van der Waals surface area contributed by atoms with Crippen molar-refractivity contribution in [3.8, 4) is 0 Å². The average Bonchev–Trinajstić information content (AvgIpc) is 3.65. The van der Waals surface area contributed by atoms with Crippen LogP contribution in [0.4, 0.5) is 11.4 Å². The van der Waals surface area contributed by atoms with Crippen molar-refractivity contribution < 1.29 is 43.7 Å². The van der Waals surface area contributed by atoms with E-state index in [1.807, 2.05) is 60.7 Å². The minimum absolute atomic E-state index is 0.168. The summed E-state index contributed by atoms with van der Waals surface area (Å²) in [5.74, 6) is -2.79. The number of aliphatic hydroxyl groups excluding tert-OH is 1. The van der Waals surface area contributed by atoms with E-state index >= 15 is 0 Å². The van der Waals surface area contributed by atoms with Gasteiger partial charge in [-0.1, -0.05) is 67.2 Å². The van der Waals surface area contributed by atoms with Gasteiger partial charge in [-0.25, -0.2) is 14.4 Å². The fourth-order valence-corrected chi connectivity index (χ4v) is 5.23. The highest BCUT2D eigenvalue weighted by atomic mass is 16.6. The van der Waals surface area contributed by atoms with Crippen LogP contribution in [0.3, 0.4) is 0 Å². The van der Waals surface area contributed by atoms with E-state index in [-0.39, 0.29) is 41.7 Å². The van der Waals surface area contributed by atoms with Gasteiger partial charge in [0.05, 0.1) is 45.1 Å². The zero-order chi connectivity index (χ0) is 40.4. The Kier molecular flexibility index (Phi) is 13.0. The summed E-state index contributed by atoms with van der Waals surface area (Å²) in [6.07, 6.45) is 2.42. The van der Waals surface area contributed by atoms with Crippen molar-refractivity contribution in [1.82, 2.24) is 0 Å². The molecule has 4 aromatic rings. The van der Waals surface area contributed by atoms with Gasteiger partial charge in [-0.15, -0.1) is 0 Å². The van der Waals surface area contributed by atoms with E-state index in [0.29, 0.717) is 33.9 Å². The predicted molar refractivity (Wildman–Crippen MR) is 212 cm³/mol. The van der Waals surface area contributed by atoms with Crippen LogP contribution in [0.1, 0.15) is 52.6 Å². The Morgan fingerprint density at radius 3 is 1.50 bits per heavy atom.